The van der Waals surface area contributed by atoms with Crippen LogP contribution in [0.2, 0.25) is 0 Å². The summed E-state index contributed by atoms with van der Waals surface area (Å²) in [5.74, 6) is 0.750. The molecule has 0 aliphatic heterocycles. The first-order valence-corrected chi connectivity index (χ1v) is 12.4. The van der Waals surface area contributed by atoms with Crippen molar-refractivity contribution in [2.75, 3.05) is 11.8 Å². The van der Waals surface area contributed by atoms with Crippen LogP contribution < -0.4 is 14.2 Å². The molecule has 0 fully saturated rings. The van der Waals surface area contributed by atoms with Crippen LogP contribution in [0.5, 0.6) is 17.4 Å². The molecule has 0 aliphatic carbocycles. The number of pyridine rings is 2. The molecule has 4 aromatic rings. The third-order valence-corrected chi connectivity index (χ3v) is 5.92. The molecule has 182 valence electrons. The predicted molar refractivity (Wildman–Crippen MR) is 134 cm³/mol. The van der Waals surface area contributed by atoms with E-state index in [1.165, 1.54) is 19.4 Å². The average Bonchev–Trinajstić information content (AvgIpc) is 2.88. The van der Waals surface area contributed by atoms with Crippen molar-refractivity contribution in [3.8, 4) is 28.8 Å². The van der Waals surface area contributed by atoms with E-state index in [9.17, 15) is 8.42 Å². The minimum atomic E-state index is -4.08. The minimum Gasteiger partial charge on any atom is -0.478 e. The summed E-state index contributed by atoms with van der Waals surface area (Å²) in [6.07, 6.45) is 4.65. The van der Waals surface area contributed by atoms with Gasteiger partial charge >= 0.3 is 0 Å². The highest BCUT2D eigenvalue weighted by Gasteiger charge is 2.25. The first-order chi connectivity index (χ1) is 16.9. The number of hydrogen-bond donors (Lipinski definition) is 1. The van der Waals surface area contributed by atoms with Crippen molar-refractivity contribution >= 4 is 15.8 Å². The van der Waals surface area contributed by atoms with E-state index in [1.54, 1.807) is 42.7 Å². The van der Waals surface area contributed by atoms with Gasteiger partial charge in [0.1, 0.15) is 5.75 Å². The summed E-state index contributed by atoms with van der Waals surface area (Å²) in [5.41, 5.74) is 2.30. The number of sulfonamides is 1. The number of benzene rings is 1. The summed E-state index contributed by atoms with van der Waals surface area (Å²) in [4.78, 5) is 16.9. The molecule has 0 saturated carbocycles. The second-order valence-electron chi connectivity index (χ2n) is 7.12. The molecule has 3 heterocycles. The van der Waals surface area contributed by atoms with Crippen molar-refractivity contribution in [3.63, 3.8) is 0 Å². The Bertz CT molecular complexity index is 1380. The molecule has 0 amide bonds. The number of methoxy groups -OCH3 is 1. The zero-order valence-electron chi connectivity index (χ0n) is 20.2. The summed E-state index contributed by atoms with van der Waals surface area (Å²) in [7, 11) is -2.66. The molecule has 0 radical (unpaired) electrons. The maximum Gasteiger partial charge on any atom is 0.280 e. The summed E-state index contributed by atoms with van der Waals surface area (Å²) in [6, 6.07) is 13.8. The lowest BCUT2D eigenvalue weighted by Gasteiger charge is -2.17. The molecule has 4 rings (SSSR count). The van der Waals surface area contributed by atoms with Crippen molar-refractivity contribution in [3.05, 3.63) is 78.2 Å². The van der Waals surface area contributed by atoms with Crippen LogP contribution in [-0.2, 0) is 10.0 Å². The third-order valence-electron chi connectivity index (χ3n) is 4.66. The van der Waals surface area contributed by atoms with Gasteiger partial charge in [0.25, 0.3) is 15.9 Å². The molecule has 35 heavy (non-hydrogen) atoms. The fourth-order valence-electron chi connectivity index (χ4n) is 2.93. The van der Waals surface area contributed by atoms with Crippen molar-refractivity contribution in [2.45, 2.75) is 32.7 Å². The van der Waals surface area contributed by atoms with E-state index < -0.39 is 10.0 Å². The normalized spacial score (nSPS) is 10.7. The van der Waals surface area contributed by atoms with Crippen LogP contribution in [-0.4, -0.2) is 35.5 Å². The van der Waals surface area contributed by atoms with Crippen molar-refractivity contribution in [1.29, 1.82) is 0 Å². The van der Waals surface area contributed by atoms with Crippen molar-refractivity contribution < 1.29 is 17.9 Å². The first kappa shape index (κ1) is 25.6. The Morgan fingerprint density at radius 2 is 1.63 bits per heavy atom. The molecule has 0 atom stereocenters. The SMILES string of the molecule is CC.COc1nc(-c2ccncc2)nc(NS(=O)(=O)c2ccc(C)cn2)c1Oc1ccccc1C. The van der Waals surface area contributed by atoms with Gasteiger partial charge in [-0.2, -0.15) is 13.4 Å². The number of aryl methyl sites for hydroxylation is 2. The van der Waals surface area contributed by atoms with Gasteiger partial charge in [0.05, 0.1) is 7.11 Å². The molecule has 0 saturated heterocycles. The number of aromatic nitrogens is 4. The molecule has 0 aliphatic rings. The summed E-state index contributed by atoms with van der Waals surface area (Å²) in [5, 5.41) is -0.155. The van der Waals surface area contributed by atoms with E-state index in [-0.39, 0.29) is 28.3 Å². The van der Waals surface area contributed by atoms with Crippen LogP contribution in [0.3, 0.4) is 0 Å². The van der Waals surface area contributed by atoms with E-state index in [1.807, 2.05) is 39.8 Å². The molecule has 10 heteroatoms. The molecular formula is C25H27N5O4S. The Morgan fingerprint density at radius 3 is 2.26 bits per heavy atom. The molecule has 0 unspecified atom stereocenters. The average molecular weight is 494 g/mol. The fourth-order valence-corrected chi connectivity index (χ4v) is 3.87. The van der Waals surface area contributed by atoms with Gasteiger partial charge in [0.2, 0.25) is 5.75 Å². The zero-order valence-corrected chi connectivity index (χ0v) is 21.0. The van der Waals surface area contributed by atoms with Gasteiger partial charge in [0.15, 0.2) is 16.7 Å². The summed E-state index contributed by atoms with van der Waals surface area (Å²) < 4.78 is 40.2. The van der Waals surface area contributed by atoms with E-state index in [2.05, 4.69) is 24.7 Å². The standard InChI is InChI=1S/C23H21N5O4S.C2H6/c1-15-8-9-19(25-14-15)33(29,30)28-22-20(32-18-7-5-4-6-16(18)2)23(31-3)27-21(26-22)17-10-12-24-13-11-17;1-2/h4-14H,1-3H3,(H,26,27,28);1-2H3. The number of hydrogen-bond acceptors (Lipinski definition) is 8. The van der Waals surface area contributed by atoms with Crippen molar-refractivity contribution in [1.82, 2.24) is 19.9 Å². The Kier molecular flexibility index (Phi) is 8.32. The first-order valence-electron chi connectivity index (χ1n) is 10.9. The molecule has 9 nitrogen and oxygen atoms in total. The number of ether oxygens (including phenoxy) is 2. The summed E-state index contributed by atoms with van der Waals surface area (Å²) >= 11 is 0. The maximum absolute atomic E-state index is 13.1. The zero-order chi connectivity index (χ0) is 25.4. The number of anilines is 1. The van der Waals surface area contributed by atoms with Crippen molar-refractivity contribution in [2.24, 2.45) is 0 Å². The molecule has 0 spiro atoms. The molecular weight excluding hydrogens is 466 g/mol. The minimum absolute atomic E-state index is 0.0280. The van der Waals surface area contributed by atoms with Crippen LogP contribution in [0.15, 0.2) is 72.1 Å². The van der Waals surface area contributed by atoms with Crippen LogP contribution in [0.25, 0.3) is 11.4 Å². The quantitative estimate of drug-likeness (QED) is 0.374. The van der Waals surface area contributed by atoms with Crippen LogP contribution in [0, 0.1) is 13.8 Å². The Labute approximate surface area is 205 Å². The molecule has 1 aromatic carbocycles. The largest absolute Gasteiger partial charge is 0.478 e. The van der Waals surface area contributed by atoms with Gasteiger partial charge in [-0.3, -0.25) is 9.71 Å². The monoisotopic (exact) mass is 493 g/mol. The highest BCUT2D eigenvalue weighted by Crippen LogP contribution is 2.39. The van der Waals surface area contributed by atoms with E-state index in [0.717, 1.165) is 11.1 Å². The predicted octanol–water partition coefficient (Wildman–Crippen LogP) is 5.18. The lowest BCUT2D eigenvalue weighted by Crippen LogP contribution is -2.17. The summed E-state index contributed by atoms with van der Waals surface area (Å²) in [6.45, 7) is 7.69. The van der Waals surface area contributed by atoms with Gasteiger partial charge in [-0.05, 0) is 49.2 Å². The van der Waals surface area contributed by atoms with E-state index in [4.69, 9.17) is 9.47 Å². The van der Waals surface area contributed by atoms with E-state index >= 15 is 0 Å². The van der Waals surface area contributed by atoms with Gasteiger partial charge in [-0.25, -0.2) is 9.97 Å². The highest BCUT2D eigenvalue weighted by atomic mass is 32.2. The maximum atomic E-state index is 13.1. The second-order valence-corrected chi connectivity index (χ2v) is 8.75. The smallest absolute Gasteiger partial charge is 0.280 e. The molecule has 0 bridgehead atoms. The van der Waals surface area contributed by atoms with Crippen LogP contribution in [0.1, 0.15) is 25.0 Å². The Balaban J connectivity index is 0.00000167. The second kappa shape index (κ2) is 11.4. The highest BCUT2D eigenvalue weighted by molar-refractivity contribution is 7.92. The topological polar surface area (TPSA) is 116 Å². The number of nitrogens with zero attached hydrogens (tertiary/aromatic N) is 4. The number of para-hydroxylation sites is 1. The lowest BCUT2D eigenvalue weighted by atomic mass is 10.2. The van der Waals surface area contributed by atoms with Crippen LogP contribution in [0.4, 0.5) is 5.82 Å². The fraction of sp³-hybridized carbons (Fsp3) is 0.200. The molecule has 1 N–H and O–H groups in total. The third kappa shape index (κ3) is 6.10. The lowest BCUT2D eigenvalue weighted by molar-refractivity contribution is 0.363. The molecule has 3 aromatic heterocycles. The van der Waals surface area contributed by atoms with Gasteiger partial charge in [0, 0.05) is 24.2 Å². The van der Waals surface area contributed by atoms with Gasteiger partial charge in [-0.15, -0.1) is 0 Å². The Morgan fingerprint density at radius 1 is 0.914 bits per heavy atom. The van der Waals surface area contributed by atoms with Gasteiger partial charge in [-0.1, -0.05) is 38.1 Å². The Hall–Kier alpha value is -4.05. The number of rotatable bonds is 7. The van der Waals surface area contributed by atoms with E-state index in [0.29, 0.717) is 11.3 Å². The van der Waals surface area contributed by atoms with Crippen LogP contribution >= 0.6 is 0 Å². The van der Waals surface area contributed by atoms with Gasteiger partial charge < -0.3 is 9.47 Å². The number of nitrogens with one attached hydrogen (secondary N) is 1.